The number of rotatable bonds is 7. The van der Waals surface area contributed by atoms with E-state index in [4.69, 9.17) is 5.73 Å². The molecule has 2 rings (SSSR count). The summed E-state index contributed by atoms with van der Waals surface area (Å²) >= 11 is 0. The first-order chi connectivity index (χ1) is 11.8. The van der Waals surface area contributed by atoms with Crippen molar-refractivity contribution >= 4 is 28.3 Å². The molecule has 6 nitrogen and oxygen atoms in total. The normalized spacial score (nSPS) is 20.5. The SMILES string of the molecule is CC(C)CNS(=O)(=O)c1ccc(C(=O)NC2CCCCC2CN)cc1.Cl. The van der Waals surface area contributed by atoms with E-state index in [0.29, 0.717) is 24.6 Å². The van der Waals surface area contributed by atoms with E-state index in [-0.39, 0.29) is 35.2 Å². The Bertz CT molecular complexity index is 677. The van der Waals surface area contributed by atoms with Crippen LogP contribution < -0.4 is 15.8 Å². The van der Waals surface area contributed by atoms with E-state index >= 15 is 0 Å². The van der Waals surface area contributed by atoms with Crippen LogP contribution in [0.3, 0.4) is 0 Å². The predicted octanol–water partition coefficient (Wildman–Crippen LogP) is 2.29. The number of nitrogens with one attached hydrogen (secondary N) is 2. The molecule has 0 aliphatic heterocycles. The highest BCUT2D eigenvalue weighted by Crippen LogP contribution is 2.24. The molecule has 26 heavy (non-hydrogen) atoms. The molecule has 0 saturated heterocycles. The number of hydrogen-bond donors (Lipinski definition) is 3. The van der Waals surface area contributed by atoms with Crippen molar-refractivity contribution in [3.8, 4) is 0 Å². The molecule has 1 aliphatic carbocycles. The van der Waals surface area contributed by atoms with Crippen LogP contribution in [0.25, 0.3) is 0 Å². The molecule has 1 saturated carbocycles. The molecule has 0 heterocycles. The molecule has 4 N–H and O–H groups in total. The Kier molecular flexibility index (Phi) is 9.03. The molecular formula is C18H30ClN3O3S. The van der Waals surface area contributed by atoms with Crippen molar-refractivity contribution in [2.75, 3.05) is 13.1 Å². The van der Waals surface area contributed by atoms with Gasteiger partial charge < -0.3 is 11.1 Å². The molecule has 1 fully saturated rings. The van der Waals surface area contributed by atoms with Crippen LogP contribution in [-0.4, -0.2) is 33.5 Å². The lowest BCUT2D eigenvalue weighted by molar-refractivity contribution is 0.0908. The highest BCUT2D eigenvalue weighted by atomic mass is 35.5. The summed E-state index contributed by atoms with van der Waals surface area (Å²) in [4.78, 5) is 12.6. The van der Waals surface area contributed by atoms with E-state index in [1.807, 2.05) is 13.8 Å². The number of benzene rings is 1. The van der Waals surface area contributed by atoms with Gasteiger partial charge >= 0.3 is 0 Å². The van der Waals surface area contributed by atoms with Crippen LogP contribution in [0.2, 0.25) is 0 Å². The summed E-state index contributed by atoms with van der Waals surface area (Å²) in [5.41, 5.74) is 6.26. The molecular weight excluding hydrogens is 374 g/mol. The minimum absolute atomic E-state index is 0. The molecule has 0 bridgehead atoms. The molecule has 1 aromatic rings. The van der Waals surface area contributed by atoms with Crippen LogP contribution in [-0.2, 0) is 10.0 Å². The minimum atomic E-state index is -3.54. The fourth-order valence-electron chi connectivity index (χ4n) is 3.08. The number of carbonyl (C=O) groups is 1. The van der Waals surface area contributed by atoms with Gasteiger partial charge in [-0.3, -0.25) is 4.79 Å². The number of hydrogen-bond acceptors (Lipinski definition) is 4. The summed E-state index contributed by atoms with van der Waals surface area (Å²) in [6.45, 7) is 4.84. The van der Waals surface area contributed by atoms with Crippen LogP contribution >= 0.6 is 12.4 Å². The van der Waals surface area contributed by atoms with Crippen LogP contribution in [0.15, 0.2) is 29.2 Å². The van der Waals surface area contributed by atoms with Gasteiger partial charge in [0.15, 0.2) is 0 Å². The maximum absolute atomic E-state index is 12.4. The molecule has 2 atom stereocenters. The lowest BCUT2D eigenvalue weighted by atomic mass is 9.84. The van der Waals surface area contributed by atoms with E-state index < -0.39 is 10.0 Å². The highest BCUT2D eigenvalue weighted by Gasteiger charge is 2.25. The fourth-order valence-corrected chi connectivity index (χ4v) is 4.29. The van der Waals surface area contributed by atoms with Crippen molar-refractivity contribution < 1.29 is 13.2 Å². The average molecular weight is 404 g/mol. The van der Waals surface area contributed by atoms with Gasteiger partial charge in [0.2, 0.25) is 10.0 Å². The molecule has 1 amide bonds. The van der Waals surface area contributed by atoms with Gasteiger partial charge in [-0.05, 0) is 55.5 Å². The van der Waals surface area contributed by atoms with Gasteiger partial charge in [-0.2, -0.15) is 0 Å². The first-order valence-corrected chi connectivity index (χ1v) is 10.4. The zero-order chi connectivity index (χ0) is 18.4. The van der Waals surface area contributed by atoms with Gasteiger partial charge in [-0.15, -0.1) is 12.4 Å². The largest absolute Gasteiger partial charge is 0.349 e. The highest BCUT2D eigenvalue weighted by molar-refractivity contribution is 7.89. The number of carbonyl (C=O) groups excluding carboxylic acids is 1. The van der Waals surface area contributed by atoms with E-state index in [1.54, 1.807) is 12.1 Å². The molecule has 8 heteroatoms. The number of amides is 1. The van der Waals surface area contributed by atoms with E-state index in [9.17, 15) is 13.2 Å². The van der Waals surface area contributed by atoms with Gasteiger partial charge in [-0.25, -0.2) is 13.1 Å². The number of sulfonamides is 1. The topological polar surface area (TPSA) is 101 Å². The molecule has 2 unspecified atom stereocenters. The van der Waals surface area contributed by atoms with Gasteiger partial charge in [0.1, 0.15) is 0 Å². The minimum Gasteiger partial charge on any atom is -0.349 e. The van der Waals surface area contributed by atoms with Gasteiger partial charge in [0.05, 0.1) is 4.90 Å². The second kappa shape index (κ2) is 10.3. The Hall–Kier alpha value is -1.15. The first kappa shape index (κ1) is 22.9. The van der Waals surface area contributed by atoms with Gasteiger partial charge in [0, 0.05) is 18.2 Å². The second-order valence-corrected chi connectivity index (χ2v) is 8.90. The Morgan fingerprint density at radius 2 is 1.81 bits per heavy atom. The van der Waals surface area contributed by atoms with E-state index in [1.165, 1.54) is 12.1 Å². The zero-order valence-electron chi connectivity index (χ0n) is 15.4. The summed E-state index contributed by atoms with van der Waals surface area (Å²) in [7, 11) is -3.54. The standard InChI is InChI=1S/C18H29N3O3S.ClH/c1-13(2)12-20-25(23,24)16-9-7-14(8-10-16)18(22)21-17-6-4-3-5-15(17)11-19;/h7-10,13,15,17,20H,3-6,11-12,19H2,1-2H3,(H,21,22);1H. The maximum atomic E-state index is 12.4. The summed E-state index contributed by atoms with van der Waals surface area (Å²) in [6.07, 6.45) is 4.24. The van der Waals surface area contributed by atoms with Crippen LogP contribution in [0.5, 0.6) is 0 Å². The summed E-state index contributed by atoms with van der Waals surface area (Å²) in [5.74, 6) is 0.368. The Morgan fingerprint density at radius 3 is 2.38 bits per heavy atom. The molecule has 1 aromatic carbocycles. The van der Waals surface area contributed by atoms with Crippen LogP contribution in [0.1, 0.15) is 49.9 Å². The fraction of sp³-hybridized carbons (Fsp3) is 0.611. The van der Waals surface area contributed by atoms with Gasteiger partial charge in [0.25, 0.3) is 5.91 Å². The third-order valence-corrected chi connectivity index (χ3v) is 6.08. The van der Waals surface area contributed by atoms with Crippen molar-refractivity contribution in [1.82, 2.24) is 10.0 Å². The summed E-state index contributed by atoms with van der Waals surface area (Å²) in [5, 5.41) is 3.05. The monoisotopic (exact) mass is 403 g/mol. The van der Waals surface area contributed by atoms with Crippen molar-refractivity contribution in [2.24, 2.45) is 17.6 Å². The van der Waals surface area contributed by atoms with E-state index in [2.05, 4.69) is 10.0 Å². The third-order valence-electron chi connectivity index (χ3n) is 4.64. The number of nitrogens with two attached hydrogens (primary N) is 1. The molecule has 0 aromatic heterocycles. The van der Waals surface area contributed by atoms with Crippen molar-refractivity contribution in [3.63, 3.8) is 0 Å². The van der Waals surface area contributed by atoms with Crippen molar-refractivity contribution in [2.45, 2.75) is 50.5 Å². The third kappa shape index (κ3) is 6.23. The van der Waals surface area contributed by atoms with Crippen molar-refractivity contribution in [3.05, 3.63) is 29.8 Å². The molecule has 0 spiro atoms. The lowest BCUT2D eigenvalue weighted by Crippen LogP contribution is -2.44. The second-order valence-electron chi connectivity index (χ2n) is 7.13. The first-order valence-electron chi connectivity index (χ1n) is 8.94. The number of halogens is 1. The Balaban J connectivity index is 0.00000338. The lowest BCUT2D eigenvalue weighted by Gasteiger charge is -2.31. The molecule has 1 aliphatic rings. The zero-order valence-corrected chi connectivity index (χ0v) is 17.0. The predicted molar refractivity (Wildman–Crippen MR) is 106 cm³/mol. The summed E-state index contributed by atoms with van der Waals surface area (Å²) < 4.78 is 26.9. The molecule has 0 radical (unpaired) electrons. The quantitative estimate of drug-likeness (QED) is 0.650. The smallest absolute Gasteiger partial charge is 0.251 e. The van der Waals surface area contributed by atoms with Crippen LogP contribution in [0.4, 0.5) is 0 Å². The van der Waals surface area contributed by atoms with Gasteiger partial charge in [-0.1, -0.05) is 26.7 Å². The Labute approximate surface area is 162 Å². The maximum Gasteiger partial charge on any atom is 0.251 e. The molecule has 148 valence electrons. The van der Waals surface area contributed by atoms with E-state index in [0.717, 1.165) is 25.7 Å². The summed E-state index contributed by atoms with van der Waals surface area (Å²) in [6, 6.07) is 6.15. The Morgan fingerprint density at radius 1 is 1.19 bits per heavy atom. The van der Waals surface area contributed by atoms with Crippen molar-refractivity contribution in [1.29, 1.82) is 0 Å². The average Bonchev–Trinajstić information content (AvgIpc) is 2.60. The van der Waals surface area contributed by atoms with Crippen LogP contribution in [0, 0.1) is 11.8 Å².